The molecule has 7 heteroatoms. The first-order valence-electron chi connectivity index (χ1n) is 6.71. The van der Waals surface area contributed by atoms with Crippen LogP contribution in [-0.2, 0) is 6.42 Å². The quantitative estimate of drug-likeness (QED) is 0.612. The maximum atomic E-state index is 12.2. The van der Waals surface area contributed by atoms with Gasteiger partial charge in [-0.15, -0.1) is 11.3 Å². The number of rotatable bonds is 4. The molecular formula is C16H11Br2N3OS. The minimum absolute atomic E-state index is 0.219. The normalized spacial score (nSPS) is 10.5. The summed E-state index contributed by atoms with van der Waals surface area (Å²) in [6.45, 7) is 0. The van der Waals surface area contributed by atoms with Crippen LogP contribution in [0.25, 0.3) is 0 Å². The molecule has 0 fully saturated rings. The Balaban J connectivity index is 1.67. The minimum Gasteiger partial charge on any atom is -0.298 e. The summed E-state index contributed by atoms with van der Waals surface area (Å²) >= 11 is 8.20. The van der Waals surface area contributed by atoms with Crippen LogP contribution >= 0.6 is 43.2 Å². The van der Waals surface area contributed by atoms with E-state index in [2.05, 4.69) is 59.3 Å². The molecule has 0 saturated carbocycles. The van der Waals surface area contributed by atoms with Gasteiger partial charge < -0.3 is 0 Å². The predicted octanol–water partition coefficient (Wildman–Crippen LogP) is 4.91. The Morgan fingerprint density at radius 1 is 1.09 bits per heavy atom. The Bertz CT molecular complexity index is 833. The molecule has 0 aliphatic heterocycles. The van der Waals surface area contributed by atoms with E-state index in [9.17, 15) is 4.79 Å². The molecule has 2 aromatic heterocycles. The second-order valence-corrected chi connectivity index (χ2v) is 7.73. The molecule has 4 nitrogen and oxygen atoms in total. The van der Waals surface area contributed by atoms with Gasteiger partial charge in [-0.2, -0.15) is 0 Å². The van der Waals surface area contributed by atoms with Gasteiger partial charge in [0.25, 0.3) is 5.91 Å². The fourth-order valence-corrected chi connectivity index (χ4v) is 3.43. The molecule has 0 unspecified atom stereocenters. The van der Waals surface area contributed by atoms with Crippen LogP contribution in [0.3, 0.4) is 0 Å². The van der Waals surface area contributed by atoms with Gasteiger partial charge in [0.2, 0.25) is 0 Å². The highest BCUT2D eigenvalue weighted by molar-refractivity contribution is 9.10. The zero-order valence-corrected chi connectivity index (χ0v) is 15.8. The van der Waals surface area contributed by atoms with Gasteiger partial charge in [-0.25, -0.2) is 4.98 Å². The number of nitrogens with one attached hydrogen (secondary N) is 1. The monoisotopic (exact) mass is 451 g/mol. The van der Waals surface area contributed by atoms with Crippen molar-refractivity contribution in [1.82, 2.24) is 9.97 Å². The molecule has 0 spiro atoms. The number of amides is 1. The van der Waals surface area contributed by atoms with E-state index in [4.69, 9.17) is 0 Å². The first kappa shape index (κ1) is 16.3. The summed E-state index contributed by atoms with van der Waals surface area (Å²) in [5.74, 6) is -0.219. The zero-order chi connectivity index (χ0) is 16.2. The van der Waals surface area contributed by atoms with Crippen molar-refractivity contribution in [3.05, 3.63) is 73.9 Å². The third-order valence-corrected chi connectivity index (χ3v) is 4.91. The standard InChI is InChI=1S/C16H11Br2N3OS/c17-12-3-1-10(2-4-12)5-14-9-20-16(23-14)21-15(22)11-6-13(18)8-19-7-11/h1-4,6-9H,5H2,(H,20,21,22). The van der Waals surface area contributed by atoms with E-state index in [0.717, 1.165) is 20.2 Å². The van der Waals surface area contributed by atoms with Crippen molar-refractivity contribution in [3.63, 3.8) is 0 Å². The van der Waals surface area contributed by atoms with Crippen molar-refractivity contribution >= 4 is 54.2 Å². The molecular weight excluding hydrogens is 442 g/mol. The summed E-state index contributed by atoms with van der Waals surface area (Å²) in [7, 11) is 0. The van der Waals surface area contributed by atoms with Crippen molar-refractivity contribution in [2.45, 2.75) is 6.42 Å². The van der Waals surface area contributed by atoms with Crippen molar-refractivity contribution < 1.29 is 4.79 Å². The highest BCUT2D eigenvalue weighted by Gasteiger charge is 2.10. The molecule has 3 aromatic rings. The SMILES string of the molecule is O=C(Nc1ncc(Cc2ccc(Br)cc2)s1)c1cncc(Br)c1. The van der Waals surface area contributed by atoms with E-state index >= 15 is 0 Å². The summed E-state index contributed by atoms with van der Waals surface area (Å²) in [6, 6.07) is 9.88. The molecule has 0 atom stereocenters. The predicted molar refractivity (Wildman–Crippen MR) is 99.0 cm³/mol. The zero-order valence-electron chi connectivity index (χ0n) is 11.8. The number of hydrogen-bond acceptors (Lipinski definition) is 4. The Morgan fingerprint density at radius 3 is 2.61 bits per heavy atom. The number of hydrogen-bond donors (Lipinski definition) is 1. The lowest BCUT2D eigenvalue weighted by molar-refractivity contribution is 0.102. The number of halogens is 2. The number of anilines is 1. The van der Waals surface area contributed by atoms with Crippen LogP contribution in [0, 0.1) is 0 Å². The van der Waals surface area contributed by atoms with Crippen LogP contribution in [0.5, 0.6) is 0 Å². The average molecular weight is 453 g/mol. The van der Waals surface area contributed by atoms with E-state index < -0.39 is 0 Å². The molecule has 3 rings (SSSR count). The molecule has 2 heterocycles. The van der Waals surface area contributed by atoms with Gasteiger partial charge in [-0.05, 0) is 39.7 Å². The second-order valence-electron chi connectivity index (χ2n) is 4.78. The molecule has 1 N–H and O–H groups in total. The van der Waals surface area contributed by atoms with Gasteiger partial charge in [-0.1, -0.05) is 28.1 Å². The molecule has 0 bridgehead atoms. The molecule has 1 amide bonds. The minimum atomic E-state index is -0.219. The Kier molecular flexibility index (Phi) is 5.20. The van der Waals surface area contributed by atoms with Gasteiger partial charge in [0.05, 0.1) is 5.56 Å². The van der Waals surface area contributed by atoms with Crippen LogP contribution in [0.1, 0.15) is 20.8 Å². The first-order chi connectivity index (χ1) is 11.1. The largest absolute Gasteiger partial charge is 0.298 e. The first-order valence-corrected chi connectivity index (χ1v) is 9.11. The molecule has 0 saturated heterocycles. The summed E-state index contributed by atoms with van der Waals surface area (Å²) in [6.07, 6.45) is 5.74. The summed E-state index contributed by atoms with van der Waals surface area (Å²) in [4.78, 5) is 21.5. The number of carbonyl (C=O) groups excluding carboxylic acids is 1. The fourth-order valence-electron chi connectivity index (χ4n) is 1.96. The van der Waals surface area contributed by atoms with Gasteiger partial charge in [0.1, 0.15) is 0 Å². The fraction of sp³-hybridized carbons (Fsp3) is 0.0625. The Hall–Kier alpha value is -1.57. The Labute approximate surface area is 154 Å². The number of thiazole rings is 1. The van der Waals surface area contributed by atoms with Crippen LogP contribution in [0.15, 0.2) is 57.9 Å². The maximum absolute atomic E-state index is 12.2. The maximum Gasteiger partial charge on any atom is 0.259 e. The van der Waals surface area contributed by atoms with E-state index in [-0.39, 0.29) is 5.91 Å². The van der Waals surface area contributed by atoms with Gasteiger partial charge in [-0.3, -0.25) is 15.1 Å². The topological polar surface area (TPSA) is 54.9 Å². The van der Waals surface area contributed by atoms with E-state index in [1.807, 2.05) is 12.1 Å². The van der Waals surface area contributed by atoms with Gasteiger partial charge in [0.15, 0.2) is 5.13 Å². The van der Waals surface area contributed by atoms with E-state index in [1.165, 1.54) is 23.1 Å². The molecule has 0 aliphatic rings. The number of pyridine rings is 1. The summed E-state index contributed by atoms with van der Waals surface area (Å²) < 4.78 is 1.82. The highest BCUT2D eigenvalue weighted by Crippen LogP contribution is 2.22. The molecule has 116 valence electrons. The van der Waals surface area contributed by atoms with E-state index in [1.54, 1.807) is 18.5 Å². The lowest BCUT2D eigenvalue weighted by atomic mass is 10.1. The molecule has 23 heavy (non-hydrogen) atoms. The molecule has 0 radical (unpaired) electrons. The summed E-state index contributed by atoms with van der Waals surface area (Å²) in [5, 5.41) is 3.39. The van der Waals surface area contributed by atoms with Crippen LogP contribution in [0.4, 0.5) is 5.13 Å². The lowest BCUT2D eigenvalue weighted by Gasteiger charge is -2.01. The molecule has 0 aliphatic carbocycles. The number of aromatic nitrogens is 2. The van der Waals surface area contributed by atoms with Gasteiger partial charge >= 0.3 is 0 Å². The second kappa shape index (κ2) is 7.33. The van der Waals surface area contributed by atoms with Crippen molar-refractivity contribution in [2.24, 2.45) is 0 Å². The van der Waals surface area contributed by atoms with Crippen molar-refractivity contribution in [1.29, 1.82) is 0 Å². The summed E-state index contributed by atoms with van der Waals surface area (Å²) in [5.41, 5.74) is 1.69. The van der Waals surface area contributed by atoms with Crippen LogP contribution in [-0.4, -0.2) is 15.9 Å². The smallest absolute Gasteiger partial charge is 0.259 e. The molecule has 1 aromatic carbocycles. The third-order valence-electron chi connectivity index (χ3n) is 3.03. The van der Waals surface area contributed by atoms with Gasteiger partial charge in [0, 0.05) is 38.8 Å². The number of benzene rings is 1. The average Bonchev–Trinajstić information content (AvgIpc) is 2.96. The number of nitrogens with zero attached hydrogens (tertiary/aromatic N) is 2. The lowest BCUT2D eigenvalue weighted by Crippen LogP contribution is -2.11. The third kappa shape index (κ3) is 4.46. The number of carbonyl (C=O) groups is 1. The Morgan fingerprint density at radius 2 is 1.87 bits per heavy atom. The van der Waals surface area contributed by atoms with E-state index in [0.29, 0.717) is 10.7 Å². The van der Waals surface area contributed by atoms with Crippen LogP contribution < -0.4 is 5.32 Å². The highest BCUT2D eigenvalue weighted by atomic mass is 79.9. The van der Waals surface area contributed by atoms with Crippen LogP contribution in [0.2, 0.25) is 0 Å². The van der Waals surface area contributed by atoms with Crippen molar-refractivity contribution in [3.8, 4) is 0 Å². The van der Waals surface area contributed by atoms with Crippen molar-refractivity contribution in [2.75, 3.05) is 5.32 Å².